The summed E-state index contributed by atoms with van der Waals surface area (Å²) in [6.07, 6.45) is 8.48. The third-order valence-electron chi connectivity index (χ3n) is 3.75. The first-order valence-corrected chi connectivity index (χ1v) is 7.88. The van der Waals surface area contributed by atoms with E-state index in [1.807, 2.05) is 0 Å². The molecule has 0 saturated heterocycles. The Labute approximate surface area is 121 Å². The molecule has 20 heavy (non-hydrogen) atoms. The van der Waals surface area contributed by atoms with Crippen LogP contribution in [-0.2, 0) is 4.79 Å². The highest BCUT2D eigenvalue weighted by Crippen LogP contribution is 2.33. The maximum absolute atomic E-state index is 11.7. The summed E-state index contributed by atoms with van der Waals surface area (Å²) in [5, 5.41) is 14.4. The molecule has 0 radical (unpaired) electrons. The number of unbranched alkanes of at least 4 members (excludes halogenated alkanes) is 3. The summed E-state index contributed by atoms with van der Waals surface area (Å²) in [5.41, 5.74) is 0. The zero-order valence-electron chi connectivity index (χ0n) is 12.5. The van der Waals surface area contributed by atoms with Crippen molar-refractivity contribution in [2.45, 2.75) is 70.8 Å². The molecule has 0 aliphatic heterocycles. The van der Waals surface area contributed by atoms with Gasteiger partial charge < -0.3 is 15.7 Å². The van der Waals surface area contributed by atoms with Crippen LogP contribution in [0.5, 0.6) is 0 Å². The molecule has 116 valence electrons. The molecule has 0 bridgehead atoms. The van der Waals surface area contributed by atoms with Gasteiger partial charge in [0.2, 0.25) is 0 Å². The van der Waals surface area contributed by atoms with Crippen molar-refractivity contribution in [3.8, 4) is 0 Å². The summed E-state index contributed by atoms with van der Waals surface area (Å²) in [7, 11) is 0. The fraction of sp³-hybridized carbons (Fsp3) is 0.867. The van der Waals surface area contributed by atoms with E-state index in [0.717, 1.165) is 44.4 Å². The van der Waals surface area contributed by atoms with Gasteiger partial charge in [-0.1, -0.05) is 32.6 Å². The normalized spacial score (nSPS) is 15.7. The van der Waals surface area contributed by atoms with Gasteiger partial charge >= 0.3 is 12.0 Å². The monoisotopic (exact) mass is 284 g/mol. The zero-order valence-corrected chi connectivity index (χ0v) is 12.5. The Balaban J connectivity index is 1.94. The smallest absolute Gasteiger partial charge is 0.315 e. The van der Waals surface area contributed by atoms with Gasteiger partial charge in [0.25, 0.3) is 0 Å². The molecule has 1 aliphatic rings. The molecule has 5 heteroatoms. The molecule has 2 amide bonds. The molecule has 0 aromatic carbocycles. The number of hydrogen-bond acceptors (Lipinski definition) is 2. The van der Waals surface area contributed by atoms with Gasteiger partial charge in [-0.05, 0) is 31.6 Å². The Kier molecular flexibility index (Phi) is 8.07. The van der Waals surface area contributed by atoms with Crippen LogP contribution in [0.4, 0.5) is 4.79 Å². The molecule has 5 nitrogen and oxygen atoms in total. The molecule has 1 fully saturated rings. The third-order valence-corrected chi connectivity index (χ3v) is 3.75. The van der Waals surface area contributed by atoms with Crippen LogP contribution >= 0.6 is 0 Å². The third kappa shape index (κ3) is 8.77. The lowest BCUT2D eigenvalue weighted by Crippen LogP contribution is -2.42. The fourth-order valence-electron chi connectivity index (χ4n) is 2.28. The number of carboxylic acids is 1. The number of nitrogens with one attached hydrogen (secondary N) is 2. The zero-order chi connectivity index (χ0) is 14.8. The second kappa shape index (κ2) is 9.61. The number of hydrogen-bond donors (Lipinski definition) is 3. The van der Waals surface area contributed by atoms with Crippen molar-refractivity contribution in [1.82, 2.24) is 10.6 Å². The van der Waals surface area contributed by atoms with Gasteiger partial charge in [-0.15, -0.1) is 0 Å². The van der Waals surface area contributed by atoms with Crippen molar-refractivity contribution in [3.63, 3.8) is 0 Å². The van der Waals surface area contributed by atoms with Crippen LogP contribution < -0.4 is 10.6 Å². The summed E-state index contributed by atoms with van der Waals surface area (Å²) < 4.78 is 0. The minimum Gasteiger partial charge on any atom is -0.481 e. The largest absolute Gasteiger partial charge is 0.481 e. The Bertz CT molecular complexity index is 303. The summed E-state index contributed by atoms with van der Waals surface area (Å²) in [5.74, 6) is 0.0956. The van der Waals surface area contributed by atoms with Gasteiger partial charge in [0.05, 0.1) is 0 Å². The average molecular weight is 284 g/mol. The number of urea groups is 1. The Morgan fingerprint density at radius 2 is 1.90 bits per heavy atom. The van der Waals surface area contributed by atoms with E-state index in [4.69, 9.17) is 5.11 Å². The van der Waals surface area contributed by atoms with E-state index >= 15 is 0 Å². The van der Waals surface area contributed by atoms with E-state index in [9.17, 15) is 9.59 Å². The van der Waals surface area contributed by atoms with Crippen LogP contribution in [0.1, 0.15) is 64.7 Å². The molecule has 0 aromatic rings. The van der Waals surface area contributed by atoms with Crippen LogP contribution in [0.2, 0.25) is 0 Å². The van der Waals surface area contributed by atoms with Crippen LogP contribution in [0, 0.1) is 5.92 Å². The minimum absolute atomic E-state index is 0.0666. The lowest BCUT2D eigenvalue weighted by molar-refractivity contribution is -0.137. The highest BCUT2D eigenvalue weighted by molar-refractivity contribution is 5.74. The second-order valence-electron chi connectivity index (χ2n) is 5.74. The molecular weight excluding hydrogens is 256 g/mol. The van der Waals surface area contributed by atoms with Gasteiger partial charge in [0, 0.05) is 19.0 Å². The summed E-state index contributed by atoms with van der Waals surface area (Å²) >= 11 is 0. The second-order valence-corrected chi connectivity index (χ2v) is 5.74. The van der Waals surface area contributed by atoms with E-state index in [-0.39, 0.29) is 12.5 Å². The number of carbonyl (C=O) groups excluding carboxylic acids is 1. The van der Waals surface area contributed by atoms with Gasteiger partial charge in [0.1, 0.15) is 0 Å². The van der Waals surface area contributed by atoms with Crippen LogP contribution in [0.3, 0.4) is 0 Å². The first kappa shape index (κ1) is 16.8. The van der Waals surface area contributed by atoms with Crippen LogP contribution in [-0.4, -0.2) is 29.7 Å². The van der Waals surface area contributed by atoms with Gasteiger partial charge in [-0.2, -0.15) is 0 Å². The van der Waals surface area contributed by atoms with Gasteiger partial charge in [-0.3, -0.25) is 4.79 Å². The molecule has 1 unspecified atom stereocenters. The highest BCUT2D eigenvalue weighted by Gasteiger charge is 2.25. The average Bonchev–Trinajstić information content (AvgIpc) is 3.20. The maximum atomic E-state index is 11.7. The summed E-state index contributed by atoms with van der Waals surface area (Å²) in [6, 6.07) is 0.237. The topological polar surface area (TPSA) is 78.4 Å². The number of rotatable bonds is 11. The molecule has 3 N–H and O–H groups in total. The Morgan fingerprint density at radius 3 is 2.50 bits per heavy atom. The number of aliphatic carboxylic acids is 1. The number of carbonyl (C=O) groups is 2. The summed E-state index contributed by atoms with van der Waals surface area (Å²) in [6.45, 7) is 2.77. The van der Waals surface area contributed by atoms with Gasteiger partial charge in [-0.25, -0.2) is 4.79 Å². The molecule has 1 saturated carbocycles. The first-order valence-electron chi connectivity index (χ1n) is 7.88. The van der Waals surface area contributed by atoms with Crippen molar-refractivity contribution in [1.29, 1.82) is 0 Å². The Morgan fingerprint density at radius 1 is 1.20 bits per heavy atom. The van der Waals surface area contributed by atoms with E-state index in [1.54, 1.807) is 0 Å². The van der Waals surface area contributed by atoms with E-state index in [1.165, 1.54) is 12.8 Å². The maximum Gasteiger partial charge on any atom is 0.315 e. The molecule has 0 spiro atoms. The number of amides is 2. The molecule has 0 heterocycles. The van der Waals surface area contributed by atoms with Crippen molar-refractivity contribution >= 4 is 12.0 Å². The van der Waals surface area contributed by atoms with Crippen LogP contribution in [0.15, 0.2) is 0 Å². The highest BCUT2D eigenvalue weighted by atomic mass is 16.4. The SMILES string of the molecule is CCC(CC1CC1)NC(=O)NCCCCCCC(=O)O. The van der Waals surface area contributed by atoms with Crippen LogP contribution in [0.25, 0.3) is 0 Å². The molecule has 0 aromatic heterocycles. The molecular formula is C15H28N2O3. The molecule has 1 atom stereocenters. The van der Waals surface area contributed by atoms with Crippen molar-refractivity contribution < 1.29 is 14.7 Å². The fourth-order valence-corrected chi connectivity index (χ4v) is 2.28. The summed E-state index contributed by atoms with van der Waals surface area (Å²) in [4.78, 5) is 22.0. The molecule has 1 rings (SSSR count). The standard InChI is InChI=1S/C15H28N2O3/c1-2-13(11-12-8-9-12)17-15(20)16-10-6-4-3-5-7-14(18)19/h12-13H,2-11H2,1H3,(H,18,19)(H2,16,17,20). The van der Waals surface area contributed by atoms with E-state index in [0.29, 0.717) is 12.6 Å². The van der Waals surface area contributed by atoms with Crippen molar-refractivity contribution in [3.05, 3.63) is 0 Å². The molecule has 1 aliphatic carbocycles. The predicted molar refractivity (Wildman–Crippen MR) is 78.7 cm³/mol. The lowest BCUT2D eigenvalue weighted by atomic mass is 10.1. The predicted octanol–water partition coefficient (Wildman–Crippen LogP) is 2.90. The van der Waals surface area contributed by atoms with Gasteiger partial charge in [0.15, 0.2) is 0 Å². The van der Waals surface area contributed by atoms with Crippen molar-refractivity contribution in [2.75, 3.05) is 6.54 Å². The quantitative estimate of drug-likeness (QED) is 0.510. The van der Waals surface area contributed by atoms with E-state index < -0.39 is 5.97 Å². The van der Waals surface area contributed by atoms with E-state index in [2.05, 4.69) is 17.6 Å². The Hall–Kier alpha value is -1.26. The first-order chi connectivity index (χ1) is 9.61. The lowest BCUT2D eigenvalue weighted by Gasteiger charge is -2.17. The number of carboxylic acid groups (broad SMARTS) is 1. The van der Waals surface area contributed by atoms with Crippen molar-refractivity contribution in [2.24, 2.45) is 5.92 Å². The minimum atomic E-state index is -0.733.